The summed E-state index contributed by atoms with van der Waals surface area (Å²) in [5, 5.41) is 7.65. The molecule has 4 aliphatic heterocycles. The number of imidazole rings is 1. The van der Waals surface area contributed by atoms with Gasteiger partial charge in [-0.2, -0.15) is 0 Å². The Morgan fingerprint density at radius 2 is 1.58 bits per heavy atom. The molecule has 2 saturated heterocycles. The average Bonchev–Trinajstić information content (AvgIpc) is 4.05. The number of ether oxygens (including phenoxy) is 3. The number of benzene rings is 3. The van der Waals surface area contributed by atoms with E-state index in [0.29, 0.717) is 31.3 Å². The van der Waals surface area contributed by atoms with Gasteiger partial charge in [0.2, 0.25) is 11.8 Å². The molecule has 6 atom stereocenters. The maximum absolute atomic E-state index is 13.9. The first-order valence-electron chi connectivity index (χ1n) is 21.1. The second-order valence-electron chi connectivity index (χ2n) is 17.5. The standard InChI is InChI=1S/C46H55N7O7/c1-23(2)40(50-45(56)58-7)43(54)52-21-25(5)15-38(52)35-18-32-31-19-39-33(17-27(31)11-13-34(32)48-35)30-12-10-28(16-29(30)22-60-39)36-20-47-42(49-36)37-14-9-26(6)53(37)44(55)41(24(3)4)51-46(57)59-8/h10-13,16-17,19-20,23-26,37-38,40-41H,9,14-15,18,21-22H2,1-8H3,(H,47,49)(H,50,56)(H,51,57)/t25-,26-,37-,38-,40-,41-/m0/s1. The molecule has 316 valence electrons. The number of nitrogens with zero attached hydrogens (tertiary/aromatic N) is 4. The van der Waals surface area contributed by atoms with E-state index >= 15 is 0 Å². The number of methoxy groups -OCH3 is 2. The van der Waals surface area contributed by atoms with Crippen LogP contribution >= 0.6 is 0 Å². The van der Waals surface area contributed by atoms with Crippen LogP contribution in [0.3, 0.4) is 0 Å². The summed E-state index contributed by atoms with van der Waals surface area (Å²) in [5.41, 5.74) is 8.00. The Balaban J connectivity index is 1.01. The summed E-state index contributed by atoms with van der Waals surface area (Å²) in [4.78, 5) is 69.2. The predicted molar refractivity (Wildman–Crippen MR) is 228 cm³/mol. The molecule has 1 aromatic heterocycles. The van der Waals surface area contributed by atoms with Crippen LogP contribution in [0, 0.1) is 17.8 Å². The van der Waals surface area contributed by atoms with Crippen LogP contribution in [0.25, 0.3) is 33.2 Å². The van der Waals surface area contributed by atoms with Crippen molar-refractivity contribution in [3.63, 3.8) is 0 Å². The minimum absolute atomic E-state index is 0.0116. The molecule has 60 heavy (non-hydrogen) atoms. The fraction of sp³-hybridized carbons (Fsp3) is 0.478. The zero-order valence-corrected chi connectivity index (χ0v) is 35.6. The summed E-state index contributed by atoms with van der Waals surface area (Å²) >= 11 is 0. The van der Waals surface area contributed by atoms with Crippen LogP contribution in [0.5, 0.6) is 5.75 Å². The lowest BCUT2D eigenvalue weighted by Crippen LogP contribution is -2.53. The van der Waals surface area contributed by atoms with Gasteiger partial charge >= 0.3 is 12.2 Å². The minimum Gasteiger partial charge on any atom is -0.488 e. The highest BCUT2D eigenvalue weighted by molar-refractivity contribution is 6.06. The van der Waals surface area contributed by atoms with Crippen molar-refractivity contribution in [1.82, 2.24) is 30.4 Å². The number of hydrogen-bond acceptors (Lipinski definition) is 9. The first kappa shape index (κ1) is 40.8. The summed E-state index contributed by atoms with van der Waals surface area (Å²) in [7, 11) is 2.60. The number of alkyl carbamates (subject to hydrolysis) is 2. The van der Waals surface area contributed by atoms with Gasteiger partial charge in [-0.25, -0.2) is 14.6 Å². The molecule has 0 bridgehead atoms. The lowest BCUT2D eigenvalue weighted by atomic mass is 9.90. The summed E-state index contributed by atoms with van der Waals surface area (Å²) < 4.78 is 16.1. The first-order valence-corrected chi connectivity index (χ1v) is 21.1. The van der Waals surface area contributed by atoms with Crippen molar-refractivity contribution in [3.05, 3.63) is 65.6 Å². The molecule has 5 heterocycles. The van der Waals surface area contributed by atoms with E-state index in [-0.39, 0.29) is 41.8 Å². The van der Waals surface area contributed by atoms with Crippen molar-refractivity contribution in [3.8, 4) is 28.1 Å². The van der Waals surface area contributed by atoms with E-state index < -0.39 is 24.3 Å². The van der Waals surface area contributed by atoms with Crippen LogP contribution in [-0.2, 0) is 32.1 Å². The molecule has 0 saturated carbocycles. The Morgan fingerprint density at radius 3 is 2.28 bits per heavy atom. The molecule has 0 spiro atoms. The molecular weight excluding hydrogens is 763 g/mol. The third kappa shape index (κ3) is 7.45. The number of aromatic nitrogens is 2. The Hall–Kier alpha value is -5.92. The van der Waals surface area contributed by atoms with Gasteiger partial charge < -0.3 is 39.6 Å². The summed E-state index contributed by atoms with van der Waals surface area (Å²) in [5.74, 6) is 1.33. The van der Waals surface area contributed by atoms with E-state index in [9.17, 15) is 19.2 Å². The van der Waals surface area contributed by atoms with E-state index in [1.165, 1.54) is 14.2 Å². The van der Waals surface area contributed by atoms with Gasteiger partial charge in [-0.05, 0) is 101 Å². The number of rotatable bonds is 9. The zero-order chi connectivity index (χ0) is 42.6. The number of likely N-dealkylation sites (tertiary alicyclic amines) is 2. The molecule has 4 amide bonds. The lowest BCUT2D eigenvalue weighted by Gasteiger charge is -2.32. The van der Waals surface area contributed by atoms with Gasteiger partial charge in [0.05, 0.1) is 43.9 Å². The number of H-pyrrole nitrogens is 1. The molecular formula is C46H55N7O7. The fourth-order valence-electron chi connectivity index (χ4n) is 9.51. The second kappa shape index (κ2) is 16.3. The SMILES string of the molecule is COC(=O)N[C@H](C(=O)N1C[C@@H](C)C[C@H]1C1=Nc2ccc3cc4c(cc3c2C1)OCc1cc(-c2cnc([C@@H]3CC[C@H](C)N3C(=O)[C@@H](NC(=O)OC)C(C)C)[nH]2)ccc1-4)C(C)C. The van der Waals surface area contributed by atoms with Crippen molar-refractivity contribution in [2.24, 2.45) is 22.7 Å². The number of fused-ring (bicyclic) bond motifs is 6. The van der Waals surface area contributed by atoms with Crippen LogP contribution in [0.2, 0.25) is 0 Å². The van der Waals surface area contributed by atoms with Crippen LogP contribution < -0.4 is 15.4 Å². The maximum atomic E-state index is 13.9. The number of aliphatic imine (C=N–C) groups is 1. The molecule has 0 unspecified atom stereocenters. The third-order valence-electron chi connectivity index (χ3n) is 12.7. The van der Waals surface area contributed by atoms with Crippen LogP contribution in [0.1, 0.15) is 83.8 Å². The second-order valence-corrected chi connectivity index (χ2v) is 17.5. The summed E-state index contributed by atoms with van der Waals surface area (Å²) in [6.07, 6.45) is 3.60. The number of carbonyl (C=O) groups excluding carboxylic acids is 4. The monoisotopic (exact) mass is 817 g/mol. The van der Waals surface area contributed by atoms with Crippen molar-refractivity contribution < 1.29 is 33.4 Å². The molecule has 8 rings (SSSR count). The minimum atomic E-state index is -0.715. The van der Waals surface area contributed by atoms with Crippen LogP contribution in [-0.4, -0.2) is 94.4 Å². The van der Waals surface area contributed by atoms with E-state index in [2.05, 4.69) is 65.0 Å². The van der Waals surface area contributed by atoms with E-state index in [4.69, 9.17) is 24.2 Å². The quantitative estimate of drug-likeness (QED) is 0.156. The summed E-state index contributed by atoms with van der Waals surface area (Å²) in [6.45, 7) is 12.9. The molecule has 3 aromatic carbocycles. The number of carbonyl (C=O) groups is 4. The first-order chi connectivity index (χ1) is 28.8. The molecule has 0 aliphatic carbocycles. The lowest BCUT2D eigenvalue weighted by molar-refractivity contribution is -0.137. The summed E-state index contributed by atoms with van der Waals surface area (Å²) in [6, 6.07) is 13.0. The maximum Gasteiger partial charge on any atom is 0.407 e. The van der Waals surface area contributed by atoms with Gasteiger partial charge in [-0.15, -0.1) is 0 Å². The normalized spacial score (nSPS) is 21.5. The Morgan fingerprint density at radius 1 is 0.867 bits per heavy atom. The van der Waals surface area contributed by atoms with Crippen LogP contribution in [0.15, 0.2) is 53.7 Å². The van der Waals surface area contributed by atoms with Gasteiger partial charge in [0.1, 0.15) is 30.3 Å². The Labute approximate surface area is 350 Å². The Bertz CT molecular complexity index is 2390. The average molecular weight is 818 g/mol. The van der Waals surface area contributed by atoms with Crippen LogP contribution in [0.4, 0.5) is 15.3 Å². The number of aromatic amines is 1. The predicted octanol–water partition coefficient (Wildman–Crippen LogP) is 7.47. The van der Waals surface area contributed by atoms with Gasteiger partial charge in [0.15, 0.2) is 0 Å². The molecule has 14 nitrogen and oxygen atoms in total. The van der Waals surface area contributed by atoms with E-state index in [0.717, 1.165) is 80.7 Å². The molecule has 2 fully saturated rings. The van der Waals surface area contributed by atoms with Gasteiger partial charge in [-0.3, -0.25) is 14.6 Å². The van der Waals surface area contributed by atoms with E-state index in [1.807, 2.05) is 50.6 Å². The topological polar surface area (TPSA) is 168 Å². The molecule has 4 aliphatic rings. The third-order valence-corrected chi connectivity index (χ3v) is 12.7. The van der Waals surface area contributed by atoms with Gasteiger partial charge in [-0.1, -0.05) is 52.8 Å². The fourth-order valence-corrected chi connectivity index (χ4v) is 9.51. The van der Waals surface area contributed by atoms with Crippen molar-refractivity contribution >= 4 is 46.2 Å². The van der Waals surface area contributed by atoms with Crippen molar-refractivity contribution in [2.75, 3.05) is 20.8 Å². The molecule has 4 aromatic rings. The molecule has 0 radical (unpaired) electrons. The smallest absolute Gasteiger partial charge is 0.407 e. The highest BCUT2D eigenvalue weighted by Crippen LogP contribution is 2.45. The number of amides is 4. The highest BCUT2D eigenvalue weighted by Gasteiger charge is 2.43. The molecule has 3 N–H and O–H groups in total. The number of hydrogen-bond donors (Lipinski definition) is 3. The number of nitrogens with one attached hydrogen (secondary N) is 3. The van der Waals surface area contributed by atoms with Gasteiger partial charge in [0.25, 0.3) is 0 Å². The highest BCUT2D eigenvalue weighted by atomic mass is 16.5. The largest absolute Gasteiger partial charge is 0.488 e. The van der Waals surface area contributed by atoms with Gasteiger partial charge in [0, 0.05) is 30.3 Å². The van der Waals surface area contributed by atoms with Crippen molar-refractivity contribution in [1.29, 1.82) is 0 Å². The van der Waals surface area contributed by atoms with Crippen molar-refractivity contribution in [2.45, 2.75) is 104 Å². The zero-order valence-electron chi connectivity index (χ0n) is 35.6. The molecule has 14 heteroatoms. The Kier molecular flexibility index (Phi) is 11.1. The van der Waals surface area contributed by atoms with E-state index in [1.54, 1.807) is 0 Å².